The van der Waals surface area contributed by atoms with Crippen LogP contribution in [-0.2, 0) is 9.59 Å². The summed E-state index contributed by atoms with van der Waals surface area (Å²) in [5.41, 5.74) is -0.353. The standard InChI is InChI=1S/C23H23F2N5O4.C2HF3O2/c1-14(30-10-9-23(24,25)17(13-30)15-5-8-19(31)27-11-15)22(33)28-18-7-6-16(12-26-18)34-21-4-2-3-20(32)29-21;3-2(4,5)1(6)7/h2-8,11-12,14,17H,9-10,13H2,1H3,(H,27,31)(H,29,32)(H,26,28,33);(H,6,7)/t14?,17-;/m1./s1. The lowest BCUT2D eigenvalue weighted by molar-refractivity contribution is -0.192. The third-order valence-corrected chi connectivity index (χ3v) is 6.00. The highest BCUT2D eigenvalue weighted by molar-refractivity contribution is 5.93. The average Bonchev–Trinajstić information content (AvgIpc) is 2.90. The van der Waals surface area contributed by atoms with Crippen LogP contribution in [-0.4, -0.2) is 68.1 Å². The number of ether oxygens (including phenoxy) is 1. The molecule has 1 unspecified atom stereocenters. The quantitative estimate of drug-likeness (QED) is 0.321. The average molecular weight is 585 g/mol. The molecule has 0 radical (unpaired) electrons. The number of nitrogens with zero attached hydrogens (tertiary/aromatic N) is 2. The summed E-state index contributed by atoms with van der Waals surface area (Å²) in [7, 11) is 0. The van der Waals surface area contributed by atoms with Crippen molar-refractivity contribution in [2.24, 2.45) is 0 Å². The van der Waals surface area contributed by atoms with Gasteiger partial charge in [0.1, 0.15) is 11.6 Å². The lowest BCUT2D eigenvalue weighted by atomic mass is 9.87. The molecule has 0 saturated carbocycles. The Balaban J connectivity index is 0.000000587. The van der Waals surface area contributed by atoms with Crippen molar-refractivity contribution in [1.82, 2.24) is 19.9 Å². The predicted molar refractivity (Wildman–Crippen MR) is 134 cm³/mol. The molecule has 11 nitrogen and oxygen atoms in total. The van der Waals surface area contributed by atoms with E-state index < -0.39 is 36.4 Å². The molecule has 1 aliphatic heterocycles. The predicted octanol–water partition coefficient (Wildman–Crippen LogP) is 3.34. The number of piperidine rings is 1. The van der Waals surface area contributed by atoms with Crippen LogP contribution < -0.4 is 21.2 Å². The Morgan fingerprint density at radius 1 is 1.15 bits per heavy atom. The zero-order valence-corrected chi connectivity index (χ0v) is 21.2. The summed E-state index contributed by atoms with van der Waals surface area (Å²) in [5.74, 6) is -6.37. The normalized spacial score (nSPS) is 17.5. The lowest BCUT2D eigenvalue weighted by Crippen LogP contribution is -2.52. The van der Waals surface area contributed by atoms with Crippen molar-refractivity contribution in [3.63, 3.8) is 0 Å². The van der Waals surface area contributed by atoms with E-state index in [0.717, 1.165) is 0 Å². The Bertz CT molecular complexity index is 1450. The first-order valence-corrected chi connectivity index (χ1v) is 11.9. The number of rotatable bonds is 6. The van der Waals surface area contributed by atoms with Crippen molar-refractivity contribution in [3.8, 4) is 11.6 Å². The van der Waals surface area contributed by atoms with Gasteiger partial charge in [-0.05, 0) is 30.7 Å². The first-order valence-electron chi connectivity index (χ1n) is 11.9. The highest BCUT2D eigenvalue weighted by Crippen LogP contribution is 2.40. The van der Waals surface area contributed by atoms with Crippen LogP contribution in [0.15, 0.2) is 64.4 Å². The second-order valence-electron chi connectivity index (χ2n) is 8.87. The van der Waals surface area contributed by atoms with Crippen molar-refractivity contribution >= 4 is 17.7 Å². The highest BCUT2D eigenvalue weighted by atomic mass is 19.4. The summed E-state index contributed by atoms with van der Waals surface area (Å²) in [6.45, 7) is 1.66. The Morgan fingerprint density at radius 3 is 2.41 bits per heavy atom. The number of aromatic amines is 2. The Labute approximate surface area is 228 Å². The fourth-order valence-electron chi connectivity index (χ4n) is 3.79. The molecule has 16 heteroatoms. The van der Waals surface area contributed by atoms with Gasteiger partial charge >= 0.3 is 12.1 Å². The van der Waals surface area contributed by atoms with Gasteiger partial charge in [-0.1, -0.05) is 12.1 Å². The number of alkyl halides is 5. The smallest absolute Gasteiger partial charge is 0.475 e. The van der Waals surface area contributed by atoms with E-state index in [1.165, 1.54) is 36.7 Å². The molecule has 3 aromatic heterocycles. The molecule has 3 aromatic rings. The number of nitrogens with one attached hydrogen (secondary N) is 3. The van der Waals surface area contributed by atoms with Crippen LogP contribution in [0.1, 0.15) is 24.8 Å². The van der Waals surface area contributed by atoms with E-state index >= 15 is 0 Å². The van der Waals surface area contributed by atoms with E-state index in [0.29, 0.717) is 11.3 Å². The van der Waals surface area contributed by atoms with Gasteiger partial charge in [0.15, 0.2) is 5.88 Å². The molecule has 220 valence electrons. The molecule has 1 aliphatic rings. The van der Waals surface area contributed by atoms with Gasteiger partial charge in [-0.2, -0.15) is 13.2 Å². The lowest BCUT2D eigenvalue weighted by Gasteiger charge is -2.40. The van der Waals surface area contributed by atoms with Crippen LogP contribution in [0.4, 0.5) is 27.8 Å². The van der Waals surface area contributed by atoms with Gasteiger partial charge in [0, 0.05) is 37.8 Å². The van der Waals surface area contributed by atoms with Gasteiger partial charge in [0.05, 0.1) is 18.2 Å². The SMILES string of the molecule is CC(C(=O)Nc1ccc(Oc2cccc(=O)[nH]2)cn1)N1CCC(F)(F)[C@@H](c2ccc(=O)[nH]c2)C1.O=C(O)C(F)(F)F. The van der Waals surface area contributed by atoms with Crippen molar-refractivity contribution in [2.75, 3.05) is 18.4 Å². The molecule has 4 heterocycles. The zero-order valence-electron chi connectivity index (χ0n) is 21.2. The number of H-pyrrole nitrogens is 2. The van der Waals surface area contributed by atoms with E-state index in [9.17, 15) is 36.3 Å². The molecular weight excluding hydrogens is 561 g/mol. The van der Waals surface area contributed by atoms with E-state index in [1.807, 2.05) is 0 Å². The molecule has 0 spiro atoms. The minimum atomic E-state index is -5.08. The minimum Gasteiger partial charge on any atom is -0.475 e. The molecule has 0 bridgehead atoms. The molecule has 0 aromatic carbocycles. The van der Waals surface area contributed by atoms with E-state index in [1.54, 1.807) is 30.0 Å². The highest BCUT2D eigenvalue weighted by Gasteiger charge is 2.46. The maximum atomic E-state index is 14.6. The molecule has 1 amide bonds. The number of carbonyl (C=O) groups excluding carboxylic acids is 1. The molecule has 0 aliphatic carbocycles. The third-order valence-electron chi connectivity index (χ3n) is 6.00. The molecule has 1 fully saturated rings. The number of halogens is 5. The summed E-state index contributed by atoms with van der Waals surface area (Å²) in [5, 5.41) is 9.81. The zero-order chi connectivity index (χ0) is 30.4. The largest absolute Gasteiger partial charge is 0.490 e. The number of carboxylic acids is 1. The van der Waals surface area contributed by atoms with Gasteiger partial charge in [-0.15, -0.1) is 0 Å². The Kier molecular flexibility index (Phi) is 9.59. The number of aromatic nitrogens is 3. The molecule has 4 rings (SSSR count). The van der Waals surface area contributed by atoms with Crippen LogP contribution >= 0.6 is 0 Å². The second-order valence-corrected chi connectivity index (χ2v) is 8.87. The van der Waals surface area contributed by atoms with Crippen molar-refractivity contribution in [3.05, 3.63) is 81.1 Å². The van der Waals surface area contributed by atoms with Gasteiger partial charge in [0.2, 0.25) is 11.5 Å². The van der Waals surface area contributed by atoms with Gasteiger partial charge < -0.3 is 20.1 Å². The Hall–Kier alpha value is -4.60. The summed E-state index contributed by atoms with van der Waals surface area (Å²) in [4.78, 5) is 55.1. The maximum absolute atomic E-state index is 14.6. The first kappa shape index (κ1) is 30.9. The minimum absolute atomic E-state index is 0.0386. The summed E-state index contributed by atoms with van der Waals surface area (Å²) in [6, 6.07) is 9.53. The molecular formula is C25H24F5N5O6. The van der Waals surface area contributed by atoms with Gasteiger partial charge in [0.25, 0.3) is 11.5 Å². The maximum Gasteiger partial charge on any atom is 0.490 e. The summed E-state index contributed by atoms with van der Waals surface area (Å²) >= 11 is 0. The first-order chi connectivity index (χ1) is 19.2. The molecule has 1 saturated heterocycles. The number of carboxylic acid groups (broad SMARTS) is 1. The number of pyridine rings is 3. The number of hydrogen-bond donors (Lipinski definition) is 4. The number of amides is 1. The monoisotopic (exact) mass is 585 g/mol. The van der Waals surface area contributed by atoms with Gasteiger partial charge in [-0.3, -0.25) is 24.3 Å². The van der Waals surface area contributed by atoms with Crippen molar-refractivity contribution < 1.29 is 41.4 Å². The molecule has 2 atom stereocenters. The van der Waals surface area contributed by atoms with Crippen molar-refractivity contribution in [1.29, 1.82) is 0 Å². The van der Waals surface area contributed by atoms with E-state index in [4.69, 9.17) is 14.6 Å². The van der Waals surface area contributed by atoms with Crippen LogP contribution in [0.25, 0.3) is 0 Å². The molecule has 4 N–H and O–H groups in total. The third kappa shape index (κ3) is 8.69. The summed E-state index contributed by atoms with van der Waals surface area (Å²) in [6.07, 6.45) is -2.80. The molecule has 41 heavy (non-hydrogen) atoms. The number of aliphatic carboxylic acids is 1. The van der Waals surface area contributed by atoms with Crippen LogP contribution in [0, 0.1) is 0 Å². The van der Waals surface area contributed by atoms with Gasteiger partial charge in [-0.25, -0.2) is 18.6 Å². The number of anilines is 1. The van der Waals surface area contributed by atoms with Crippen LogP contribution in [0.5, 0.6) is 11.6 Å². The van der Waals surface area contributed by atoms with Crippen molar-refractivity contribution in [2.45, 2.75) is 37.4 Å². The second kappa shape index (κ2) is 12.7. The fourth-order valence-corrected chi connectivity index (χ4v) is 3.79. The van der Waals surface area contributed by atoms with E-state index in [2.05, 4.69) is 20.3 Å². The Morgan fingerprint density at radius 2 is 1.85 bits per heavy atom. The number of likely N-dealkylation sites (tertiary alicyclic amines) is 1. The number of carbonyl (C=O) groups is 2. The topological polar surface area (TPSA) is 157 Å². The summed E-state index contributed by atoms with van der Waals surface area (Å²) < 4.78 is 66.4. The fraction of sp³-hybridized carbons (Fsp3) is 0.320. The number of hydrogen-bond acceptors (Lipinski definition) is 7. The van der Waals surface area contributed by atoms with Crippen LogP contribution in [0.3, 0.4) is 0 Å². The van der Waals surface area contributed by atoms with Crippen LogP contribution in [0.2, 0.25) is 0 Å². The van der Waals surface area contributed by atoms with E-state index in [-0.39, 0.29) is 41.8 Å².